The number of imide groups is 1. The summed E-state index contributed by atoms with van der Waals surface area (Å²) in [4.78, 5) is 48.1. The number of carbonyl (C=O) groups is 3. The van der Waals surface area contributed by atoms with E-state index in [-0.39, 0.29) is 11.3 Å². The second-order valence-electron chi connectivity index (χ2n) is 6.02. The van der Waals surface area contributed by atoms with Crippen molar-refractivity contribution in [1.29, 1.82) is 0 Å². The number of ether oxygens (including phenoxy) is 1. The molecule has 0 aliphatic heterocycles. The van der Waals surface area contributed by atoms with E-state index in [0.29, 0.717) is 10.9 Å². The normalized spacial score (nSPS) is 11.6. The molecule has 3 amide bonds. The van der Waals surface area contributed by atoms with E-state index in [1.54, 1.807) is 36.4 Å². The SMILES string of the molecule is Cc1ccc2oc(C(=O)OC(C(=O)NC(N)=O)c3ccccc3)cc(=O)c2c1. The van der Waals surface area contributed by atoms with Crippen molar-refractivity contribution in [3.05, 3.63) is 81.7 Å². The number of aryl methyl sites for hydroxylation is 1. The van der Waals surface area contributed by atoms with Crippen LogP contribution in [0.5, 0.6) is 0 Å². The largest absolute Gasteiger partial charge is 0.449 e. The van der Waals surface area contributed by atoms with Crippen molar-refractivity contribution in [2.75, 3.05) is 0 Å². The smallest absolute Gasteiger partial charge is 0.375 e. The fourth-order valence-corrected chi connectivity index (χ4v) is 2.62. The number of primary amides is 1. The average molecular weight is 380 g/mol. The lowest BCUT2D eigenvalue weighted by Gasteiger charge is -2.16. The molecular weight excluding hydrogens is 364 g/mol. The van der Waals surface area contributed by atoms with Crippen molar-refractivity contribution in [2.24, 2.45) is 5.73 Å². The minimum absolute atomic E-state index is 0.211. The van der Waals surface area contributed by atoms with Gasteiger partial charge in [-0.1, -0.05) is 42.0 Å². The molecule has 0 aliphatic carbocycles. The number of amides is 3. The van der Waals surface area contributed by atoms with Crippen LogP contribution in [0.3, 0.4) is 0 Å². The van der Waals surface area contributed by atoms with Gasteiger partial charge in [-0.25, -0.2) is 9.59 Å². The van der Waals surface area contributed by atoms with Crippen LogP contribution in [0, 0.1) is 6.92 Å². The molecule has 0 fully saturated rings. The van der Waals surface area contributed by atoms with Crippen LogP contribution in [-0.2, 0) is 9.53 Å². The van der Waals surface area contributed by atoms with Gasteiger partial charge in [0, 0.05) is 11.6 Å². The van der Waals surface area contributed by atoms with Crippen molar-refractivity contribution in [2.45, 2.75) is 13.0 Å². The molecular formula is C20H16N2O6. The highest BCUT2D eigenvalue weighted by Gasteiger charge is 2.28. The lowest BCUT2D eigenvalue weighted by atomic mass is 10.1. The van der Waals surface area contributed by atoms with Crippen molar-refractivity contribution in [1.82, 2.24) is 5.32 Å². The minimum Gasteiger partial charge on any atom is -0.449 e. The van der Waals surface area contributed by atoms with Gasteiger partial charge in [-0.05, 0) is 19.1 Å². The van der Waals surface area contributed by atoms with Gasteiger partial charge in [0.15, 0.2) is 5.43 Å². The number of hydrogen-bond acceptors (Lipinski definition) is 6. The van der Waals surface area contributed by atoms with Gasteiger partial charge in [-0.3, -0.25) is 14.9 Å². The van der Waals surface area contributed by atoms with Gasteiger partial charge in [0.2, 0.25) is 11.9 Å². The third-order valence-electron chi connectivity index (χ3n) is 3.90. The Bertz CT molecular complexity index is 1120. The van der Waals surface area contributed by atoms with E-state index in [0.717, 1.165) is 11.6 Å². The molecule has 142 valence electrons. The van der Waals surface area contributed by atoms with Crippen LogP contribution in [-0.4, -0.2) is 17.9 Å². The first-order valence-corrected chi connectivity index (χ1v) is 8.26. The molecule has 2 aromatic carbocycles. The zero-order chi connectivity index (χ0) is 20.3. The number of nitrogens with one attached hydrogen (secondary N) is 1. The molecule has 1 atom stereocenters. The molecule has 0 aliphatic rings. The van der Waals surface area contributed by atoms with E-state index >= 15 is 0 Å². The van der Waals surface area contributed by atoms with E-state index in [9.17, 15) is 19.2 Å². The summed E-state index contributed by atoms with van der Waals surface area (Å²) in [6.07, 6.45) is -1.46. The first-order chi connectivity index (χ1) is 13.3. The Morgan fingerprint density at radius 2 is 1.79 bits per heavy atom. The molecule has 1 unspecified atom stereocenters. The molecule has 0 saturated carbocycles. The molecule has 0 radical (unpaired) electrons. The van der Waals surface area contributed by atoms with Crippen LogP contribution >= 0.6 is 0 Å². The Kier molecular flexibility index (Phi) is 5.21. The number of esters is 1. The van der Waals surface area contributed by atoms with Crippen LogP contribution in [0.1, 0.15) is 27.8 Å². The third kappa shape index (κ3) is 4.07. The van der Waals surface area contributed by atoms with Gasteiger partial charge in [0.05, 0.1) is 5.39 Å². The maximum Gasteiger partial charge on any atom is 0.375 e. The third-order valence-corrected chi connectivity index (χ3v) is 3.90. The second-order valence-corrected chi connectivity index (χ2v) is 6.02. The van der Waals surface area contributed by atoms with E-state index < -0.39 is 29.4 Å². The number of benzene rings is 2. The maximum atomic E-state index is 12.5. The number of fused-ring (bicyclic) bond motifs is 1. The van der Waals surface area contributed by atoms with Crippen LogP contribution in [0.2, 0.25) is 0 Å². The van der Waals surface area contributed by atoms with Crippen LogP contribution in [0.25, 0.3) is 11.0 Å². The summed E-state index contributed by atoms with van der Waals surface area (Å²) >= 11 is 0. The molecule has 0 bridgehead atoms. The highest BCUT2D eigenvalue weighted by Crippen LogP contribution is 2.21. The summed E-state index contributed by atoms with van der Waals surface area (Å²) < 4.78 is 10.7. The Hall–Kier alpha value is -3.94. The summed E-state index contributed by atoms with van der Waals surface area (Å²) in [5.41, 5.74) is 5.94. The van der Waals surface area contributed by atoms with E-state index in [2.05, 4.69) is 0 Å². The maximum absolute atomic E-state index is 12.5. The van der Waals surface area contributed by atoms with Crippen LogP contribution in [0.15, 0.2) is 63.8 Å². The van der Waals surface area contributed by atoms with Gasteiger partial charge in [0.25, 0.3) is 5.91 Å². The molecule has 28 heavy (non-hydrogen) atoms. The van der Waals surface area contributed by atoms with E-state index in [1.807, 2.05) is 12.2 Å². The van der Waals surface area contributed by atoms with Gasteiger partial charge < -0.3 is 14.9 Å². The summed E-state index contributed by atoms with van der Waals surface area (Å²) in [6.45, 7) is 1.82. The number of rotatable bonds is 4. The molecule has 1 aromatic heterocycles. The zero-order valence-electron chi connectivity index (χ0n) is 14.8. The molecule has 0 spiro atoms. The Balaban J connectivity index is 1.94. The fourth-order valence-electron chi connectivity index (χ4n) is 2.62. The van der Waals surface area contributed by atoms with Crippen molar-refractivity contribution < 1.29 is 23.5 Å². The quantitative estimate of drug-likeness (QED) is 0.668. The highest BCUT2D eigenvalue weighted by molar-refractivity contribution is 5.98. The average Bonchev–Trinajstić information content (AvgIpc) is 2.66. The predicted molar refractivity (Wildman–Crippen MR) is 99.5 cm³/mol. The van der Waals surface area contributed by atoms with Crippen molar-refractivity contribution in [3.63, 3.8) is 0 Å². The summed E-state index contributed by atoms with van der Waals surface area (Å²) in [5.74, 6) is -2.33. The minimum atomic E-state index is -1.46. The molecule has 8 heteroatoms. The number of nitrogens with two attached hydrogens (primary N) is 1. The highest BCUT2D eigenvalue weighted by atomic mass is 16.6. The van der Waals surface area contributed by atoms with Crippen LogP contribution in [0.4, 0.5) is 4.79 Å². The van der Waals surface area contributed by atoms with Gasteiger partial charge in [-0.15, -0.1) is 0 Å². The second kappa shape index (κ2) is 7.75. The zero-order valence-corrected chi connectivity index (χ0v) is 14.8. The Labute approximate surface area is 158 Å². The number of hydrogen-bond donors (Lipinski definition) is 2. The molecule has 3 N–H and O–H groups in total. The summed E-state index contributed by atoms with van der Waals surface area (Å²) in [7, 11) is 0. The van der Waals surface area contributed by atoms with Gasteiger partial charge in [0.1, 0.15) is 5.58 Å². The topological polar surface area (TPSA) is 129 Å². The number of carbonyl (C=O) groups excluding carboxylic acids is 3. The fraction of sp³-hybridized carbons (Fsp3) is 0.100. The standard InChI is InChI=1S/C20H16N2O6/c1-11-7-8-15-13(9-11)14(23)10-16(27-15)19(25)28-17(18(24)22-20(21)26)12-5-3-2-4-6-12/h2-10,17H,1H3,(H3,21,22,24,26). The molecule has 1 heterocycles. The van der Waals surface area contributed by atoms with Crippen LogP contribution < -0.4 is 16.5 Å². The summed E-state index contributed by atoms with van der Waals surface area (Å²) in [6, 6.07) is 12.9. The lowest BCUT2D eigenvalue weighted by molar-refractivity contribution is -0.129. The van der Waals surface area contributed by atoms with E-state index in [4.69, 9.17) is 14.9 Å². The Morgan fingerprint density at radius 3 is 2.46 bits per heavy atom. The monoisotopic (exact) mass is 380 g/mol. The summed E-state index contributed by atoms with van der Waals surface area (Å²) in [5, 5.41) is 2.20. The predicted octanol–water partition coefficient (Wildman–Crippen LogP) is 2.19. The molecule has 0 saturated heterocycles. The molecule has 3 aromatic rings. The van der Waals surface area contributed by atoms with Crippen molar-refractivity contribution >= 4 is 28.9 Å². The molecule has 3 rings (SSSR count). The first kappa shape index (κ1) is 18.8. The first-order valence-electron chi connectivity index (χ1n) is 8.26. The van der Waals surface area contributed by atoms with Gasteiger partial charge >= 0.3 is 12.0 Å². The number of urea groups is 1. The van der Waals surface area contributed by atoms with Crippen molar-refractivity contribution in [3.8, 4) is 0 Å². The Morgan fingerprint density at radius 1 is 1.07 bits per heavy atom. The lowest BCUT2D eigenvalue weighted by Crippen LogP contribution is -2.39. The molecule has 8 nitrogen and oxygen atoms in total. The van der Waals surface area contributed by atoms with E-state index in [1.165, 1.54) is 12.1 Å². The van der Waals surface area contributed by atoms with Gasteiger partial charge in [-0.2, -0.15) is 0 Å².